The summed E-state index contributed by atoms with van der Waals surface area (Å²) in [4.78, 5) is 99.0. The first-order chi connectivity index (χ1) is 42.3. The Kier molecular flexibility index (Phi) is 21.3. The van der Waals surface area contributed by atoms with Crippen molar-refractivity contribution in [3.63, 3.8) is 0 Å². The fourth-order valence-electron chi connectivity index (χ4n) is 10.7. The summed E-state index contributed by atoms with van der Waals surface area (Å²) in [7, 11) is 2.85. The standard InChI is InChI=1S/C61H75N11O16/c1-9-21-86-59(79)65-52(35(3)4)42-32-71(67-66-42)43(15-14-20-63-58(62)78)54(74)64-39-18-16-38(17-19-39)34-88-60(80)70-33-47-53(73)37(6)31-69(47)55(75)40-26-48(82-7)50(28-44(40)70)84-23-12-11-13-24-85-51-29-45-41(27-49(51)83-8)56(76)68-30-36(5)25-46(68)57(77)72(45)61(81)87-22-10-2/h9-10,16-19,26-29,32,35,43,46-47,52-53,57,73,77H,1-2,5-6,11-15,20-25,30-31,33-34H2,3-4,7-8H3,(H,64,74)(H,65,79)(H3,62,63,78)/t43-,46-,47-,52-,53?,57-/m0/s1. The smallest absolute Gasteiger partial charge is 0.416 e. The van der Waals surface area contributed by atoms with Crippen LogP contribution >= 0.6 is 0 Å². The summed E-state index contributed by atoms with van der Waals surface area (Å²) in [5.41, 5.74) is 8.18. The van der Waals surface area contributed by atoms with Crippen LogP contribution in [-0.4, -0.2) is 168 Å². The number of aromatic nitrogens is 3. The summed E-state index contributed by atoms with van der Waals surface area (Å²) < 4.78 is 41.5. The van der Waals surface area contributed by atoms with E-state index in [0.717, 1.165) is 10.5 Å². The number of carbonyl (C=O) groups excluding carboxylic acids is 7. The largest absolute Gasteiger partial charge is 0.493 e. The molecule has 0 saturated carbocycles. The van der Waals surface area contributed by atoms with Crippen LogP contribution in [0.5, 0.6) is 23.0 Å². The number of fused-ring (bicyclic) bond motifs is 4. The highest BCUT2D eigenvalue weighted by Crippen LogP contribution is 2.43. The monoisotopic (exact) mass is 1220 g/mol. The highest BCUT2D eigenvalue weighted by molar-refractivity contribution is 6.07. The van der Waals surface area contributed by atoms with E-state index in [1.165, 1.54) is 70.0 Å². The van der Waals surface area contributed by atoms with Crippen LogP contribution in [0.4, 0.5) is 36.2 Å². The van der Waals surface area contributed by atoms with Gasteiger partial charge in [0.15, 0.2) is 29.2 Å². The van der Waals surface area contributed by atoms with E-state index in [9.17, 15) is 43.8 Å². The zero-order valence-electron chi connectivity index (χ0n) is 49.6. The minimum absolute atomic E-state index is 0.00678. The van der Waals surface area contributed by atoms with Crippen LogP contribution in [0.3, 0.4) is 0 Å². The van der Waals surface area contributed by atoms with Gasteiger partial charge in [-0.25, -0.2) is 28.8 Å². The van der Waals surface area contributed by atoms with E-state index in [1.54, 1.807) is 30.5 Å². The van der Waals surface area contributed by atoms with Crippen LogP contribution in [0.25, 0.3) is 0 Å². The molecule has 0 radical (unpaired) electrons. The molecule has 7 N–H and O–H groups in total. The fraction of sp³-hybridized carbons (Fsp3) is 0.426. The lowest BCUT2D eigenvalue weighted by Crippen LogP contribution is -2.50. The van der Waals surface area contributed by atoms with Gasteiger partial charge in [0.1, 0.15) is 31.6 Å². The maximum absolute atomic E-state index is 14.3. The summed E-state index contributed by atoms with van der Waals surface area (Å²) in [6, 6.07) is 8.68. The van der Waals surface area contributed by atoms with Crippen LogP contribution in [0.2, 0.25) is 0 Å². The number of unbranched alkanes of at least 4 members (excludes halogenated alkanes) is 2. The van der Waals surface area contributed by atoms with E-state index >= 15 is 0 Å². The van der Waals surface area contributed by atoms with Crippen molar-refractivity contribution in [3.05, 3.63) is 127 Å². The average molecular weight is 1220 g/mol. The van der Waals surface area contributed by atoms with Crippen LogP contribution in [-0.2, 0) is 25.6 Å². The van der Waals surface area contributed by atoms with E-state index in [-0.39, 0.29) is 123 Å². The zero-order chi connectivity index (χ0) is 63.3. The first kappa shape index (κ1) is 64.4. The SMILES string of the molecule is C=CCOC(=O)N[C@H](c1cn([C@@H](CCCNC(N)=O)C(=O)Nc2ccc(COC(=O)N3C[C@H]4C(O)C(=C)CN4C(=O)c4cc(OC)c(OCCCCCOc5cc6c(cc5OC)C(=O)N5CC(=C)C[C@H]5[C@H](O)N6C(=O)OCC=C)cc43)cc2)nn1)C(C)C. The highest BCUT2D eigenvalue weighted by atomic mass is 16.6. The number of nitrogens with two attached hydrogens (primary N) is 1. The van der Waals surface area contributed by atoms with Crippen molar-refractivity contribution in [2.24, 2.45) is 11.7 Å². The molecular formula is C61H75N11O16. The molecule has 470 valence electrons. The first-order valence-corrected chi connectivity index (χ1v) is 28.7. The number of carbonyl (C=O) groups is 7. The maximum atomic E-state index is 14.3. The Morgan fingerprint density at radius 2 is 1.41 bits per heavy atom. The predicted molar refractivity (Wildman–Crippen MR) is 320 cm³/mol. The molecule has 5 heterocycles. The van der Waals surface area contributed by atoms with Gasteiger partial charge in [-0.3, -0.25) is 19.3 Å². The number of amides is 8. The second-order valence-electron chi connectivity index (χ2n) is 21.7. The van der Waals surface area contributed by atoms with Gasteiger partial charge in [0.05, 0.1) is 86.9 Å². The third-order valence-corrected chi connectivity index (χ3v) is 15.2. The Hall–Kier alpha value is -9.63. The first-order valence-electron chi connectivity index (χ1n) is 28.7. The molecule has 2 fully saturated rings. The Bertz CT molecular complexity index is 3300. The van der Waals surface area contributed by atoms with Gasteiger partial charge in [-0.1, -0.05) is 75.2 Å². The second-order valence-corrected chi connectivity index (χ2v) is 21.7. The van der Waals surface area contributed by atoms with Gasteiger partial charge >= 0.3 is 24.3 Å². The molecule has 3 aromatic carbocycles. The van der Waals surface area contributed by atoms with E-state index < -0.39 is 78.5 Å². The molecule has 88 heavy (non-hydrogen) atoms. The quantitative estimate of drug-likeness (QED) is 0.0228. The van der Waals surface area contributed by atoms with Crippen molar-refractivity contribution in [2.45, 2.75) is 95.5 Å². The molecule has 27 heteroatoms. The lowest BCUT2D eigenvalue weighted by Gasteiger charge is -2.31. The molecule has 8 rings (SSSR count). The molecule has 0 spiro atoms. The Balaban J connectivity index is 0.914. The van der Waals surface area contributed by atoms with Crippen molar-refractivity contribution in [2.75, 3.05) is 81.9 Å². The van der Waals surface area contributed by atoms with Gasteiger partial charge in [-0.05, 0) is 79.8 Å². The average Bonchev–Trinajstić information content (AvgIpc) is 1.65. The van der Waals surface area contributed by atoms with Crippen molar-refractivity contribution in [3.8, 4) is 23.0 Å². The number of primary amides is 1. The molecule has 1 unspecified atom stereocenters. The number of urea groups is 1. The van der Waals surface area contributed by atoms with Gasteiger partial charge in [0.2, 0.25) is 5.91 Å². The topological polar surface area (TPSA) is 330 Å². The summed E-state index contributed by atoms with van der Waals surface area (Å²) in [5.74, 6) is -0.581. The van der Waals surface area contributed by atoms with Crippen molar-refractivity contribution >= 4 is 59.1 Å². The number of aliphatic hydroxyl groups is 2. The third kappa shape index (κ3) is 14.8. The van der Waals surface area contributed by atoms with Crippen molar-refractivity contribution < 1.29 is 76.9 Å². The maximum Gasteiger partial charge on any atom is 0.416 e. The van der Waals surface area contributed by atoms with Crippen LogP contribution in [0, 0.1) is 5.92 Å². The molecule has 4 aliphatic rings. The molecule has 0 aliphatic carbocycles. The molecule has 8 amide bonds. The van der Waals surface area contributed by atoms with Gasteiger partial charge in [-0.15, -0.1) is 5.10 Å². The number of rotatable bonds is 26. The number of nitrogens with one attached hydrogen (secondary N) is 3. The number of alkyl carbamates (subject to hydrolysis) is 1. The minimum atomic E-state index is -1.45. The van der Waals surface area contributed by atoms with Crippen LogP contribution in [0.15, 0.2) is 104 Å². The van der Waals surface area contributed by atoms with E-state index in [0.29, 0.717) is 48.2 Å². The predicted octanol–water partition coefficient (Wildman–Crippen LogP) is 6.29. The molecule has 1 aromatic heterocycles. The van der Waals surface area contributed by atoms with Crippen LogP contribution < -0.4 is 50.4 Å². The number of aliphatic hydroxyl groups excluding tert-OH is 2. The second kappa shape index (κ2) is 29.2. The Morgan fingerprint density at radius 3 is 2.03 bits per heavy atom. The van der Waals surface area contributed by atoms with Gasteiger partial charge < -0.3 is 74.9 Å². The summed E-state index contributed by atoms with van der Waals surface area (Å²) in [6.07, 6.45) is 1.89. The molecule has 0 bridgehead atoms. The minimum Gasteiger partial charge on any atom is -0.493 e. The molecule has 6 atom stereocenters. The van der Waals surface area contributed by atoms with Gasteiger partial charge in [0, 0.05) is 37.5 Å². The van der Waals surface area contributed by atoms with E-state index in [4.69, 9.17) is 38.9 Å². The molecular weight excluding hydrogens is 1140 g/mol. The van der Waals surface area contributed by atoms with Crippen molar-refractivity contribution in [1.82, 2.24) is 35.4 Å². The van der Waals surface area contributed by atoms with E-state index in [2.05, 4.69) is 52.6 Å². The number of nitrogens with zero attached hydrogens (tertiary/aromatic N) is 7. The number of hydrogen-bond acceptors (Lipinski definition) is 18. The molecule has 4 aliphatic heterocycles. The highest BCUT2D eigenvalue weighted by Gasteiger charge is 2.48. The molecule has 2 saturated heterocycles. The Labute approximate surface area is 508 Å². The lowest BCUT2D eigenvalue weighted by molar-refractivity contribution is -0.119. The van der Waals surface area contributed by atoms with Crippen molar-refractivity contribution in [1.29, 1.82) is 0 Å². The summed E-state index contributed by atoms with van der Waals surface area (Å²) >= 11 is 0. The number of hydrogen-bond donors (Lipinski definition) is 6. The fourth-order valence-corrected chi connectivity index (χ4v) is 10.7. The normalized spacial score (nSPS) is 18.4. The Morgan fingerprint density at radius 1 is 0.784 bits per heavy atom. The summed E-state index contributed by atoms with van der Waals surface area (Å²) in [6.45, 7) is 19.2. The summed E-state index contributed by atoms with van der Waals surface area (Å²) in [5, 5.41) is 39.5. The molecule has 4 aromatic rings. The number of benzene rings is 3. The van der Waals surface area contributed by atoms with Crippen LogP contribution in [0.1, 0.15) is 96.4 Å². The number of anilines is 3. The van der Waals surface area contributed by atoms with E-state index in [1.807, 2.05) is 13.8 Å². The molecule has 27 nitrogen and oxygen atoms in total. The van der Waals surface area contributed by atoms with Gasteiger partial charge in [0.25, 0.3) is 11.8 Å². The number of ether oxygens (including phenoxy) is 7. The number of methoxy groups -OCH3 is 2. The zero-order valence-corrected chi connectivity index (χ0v) is 49.6. The third-order valence-electron chi connectivity index (χ3n) is 15.2. The lowest BCUT2D eigenvalue weighted by atomic mass is 10.0. The van der Waals surface area contributed by atoms with Gasteiger partial charge in [-0.2, -0.15) is 0 Å².